The van der Waals surface area contributed by atoms with Gasteiger partial charge in [-0.1, -0.05) is 55.8 Å². The fraction of sp³-hybridized carbons (Fsp3) is 0.391. The Balaban J connectivity index is 0.000000687. The number of carboxylic acid groups (broad SMARTS) is 1. The Bertz CT molecular complexity index is 757. The minimum atomic E-state index is -0.833. The molecule has 0 bridgehead atoms. The molecule has 2 aromatic carbocycles. The Morgan fingerprint density at radius 1 is 1.21 bits per heavy atom. The smallest absolute Gasteiger partial charge is 0.300 e. The van der Waals surface area contributed by atoms with Gasteiger partial charge in [0.15, 0.2) is 5.96 Å². The van der Waals surface area contributed by atoms with Crippen LogP contribution in [0.5, 0.6) is 5.75 Å². The van der Waals surface area contributed by atoms with E-state index in [1.54, 1.807) is 0 Å². The summed E-state index contributed by atoms with van der Waals surface area (Å²) in [4.78, 5) is 13.5. The van der Waals surface area contributed by atoms with Crippen LogP contribution in [0.15, 0.2) is 59.6 Å². The molecule has 0 amide bonds. The predicted molar refractivity (Wildman–Crippen MR) is 116 cm³/mol. The summed E-state index contributed by atoms with van der Waals surface area (Å²) < 4.78 is 5.75. The quantitative estimate of drug-likeness (QED) is 0.591. The number of hydrogen-bond acceptors (Lipinski definition) is 5. The number of aliphatic carboxylic acids is 1. The first kappa shape index (κ1) is 22.3. The highest BCUT2D eigenvalue weighted by molar-refractivity contribution is 5.81. The van der Waals surface area contributed by atoms with Gasteiger partial charge in [0.1, 0.15) is 5.75 Å². The fourth-order valence-electron chi connectivity index (χ4n) is 2.89. The highest BCUT2D eigenvalue weighted by atomic mass is 16.5. The second-order valence-electron chi connectivity index (χ2n) is 6.83. The van der Waals surface area contributed by atoms with Crippen LogP contribution in [0.1, 0.15) is 43.9 Å². The van der Waals surface area contributed by atoms with Crippen LogP contribution in [-0.4, -0.2) is 36.7 Å². The van der Waals surface area contributed by atoms with Gasteiger partial charge >= 0.3 is 0 Å². The Morgan fingerprint density at radius 3 is 2.48 bits per heavy atom. The Labute approximate surface area is 173 Å². The Morgan fingerprint density at radius 2 is 1.90 bits per heavy atom. The molecule has 1 heterocycles. The van der Waals surface area contributed by atoms with E-state index in [1.807, 2.05) is 6.07 Å². The molecule has 0 spiro atoms. The molecular formula is C23H31N3O3. The van der Waals surface area contributed by atoms with Crippen molar-refractivity contribution in [1.29, 1.82) is 0 Å². The molecule has 0 saturated heterocycles. The normalized spacial score (nSPS) is 13.4. The number of carbonyl (C=O) groups is 1. The van der Waals surface area contributed by atoms with E-state index in [9.17, 15) is 0 Å². The summed E-state index contributed by atoms with van der Waals surface area (Å²) in [7, 11) is 0. The van der Waals surface area contributed by atoms with Crippen LogP contribution in [0.4, 0.5) is 0 Å². The fourth-order valence-corrected chi connectivity index (χ4v) is 2.89. The number of hydrogen-bond donors (Lipinski definition) is 3. The monoisotopic (exact) mass is 397 g/mol. The summed E-state index contributed by atoms with van der Waals surface area (Å²) in [5, 5.41) is 14.3. The van der Waals surface area contributed by atoms with E-state index in [1.165, 1.54) is 11.1 Å². The lowest BCUT2D eigenvalue weighted by atomic mass is 9.99. The summed E-state index contributed by atoms with van der Waals surface area (Å²) in [6.45, 7) is 5.80. The van der Waals surface area contributed by atoms with Crippen LogP contribution < -0.4 is 15.4 Å². The molecule has 3 rings (SSSR count). The molecule has 1 atom stereocenters. The molecule has 0 radical (unpaired) electrons. The van der Waals surface area contributed by atoms with E-state index in [0.29, 0.717) is 0 Å². The first-order valence-electron chi connectivity index (χ1n) is 10.1. The molecule has 3 N–H and O–H groups in total. The van der Waals surface area contributed by atoms with Gasteiger partial charge in [-0.25, -0.2) is 0 Å². The van der Waals surface area contributed by atoms with E-state index in [2.05, 4.69) is 71.1 Å². The van der Waals surface area contributed by atoms with Crippen molar-refractivity contribution in [2.75, 3.05) is 19.7 Å². The first-order chi connectivity index (χ1) is 14.1. The van der Waals surface area contributed by atoms with Gasteiger partial charge in [-0.15, -0.1) is 0 Å². The van der Waals surface area contributed by atoms with Crippen molar-refractivity contribution in [2.45, 2.75) is 39.2 Å². The molecule has 0 aromatic heterocycles. The zero-order valence-corrected chi connectivity index (χ0v) is 17.2. The van der Waals surface area contributed by atoms with Crippen LogP contribution in [0.3, 0.4) is 0 Å². The molecule has 0 aliphatic carbocycles. The number of nitrogens with zero attached hydrogens (tertiary/aromatic N) is 1. The largest absolute Gasteiger partial charge is 0.494 e. The van der Waals surface area contributed by atoms with Gasteiger partial charge < -0.3 is 20.5 Å². The van der Waals surface area contributed by atoms with Crippen LogP contribution in [-0.2, 0) is 11.2 Å². The summed E-state index contributed by atoms with van der Waals surface area (Å²) in [6, 6.07) is 19.2. The lowest BCUT2D eigenvalue weighted by Crippen LogP contribution is -2.37. The van der Waals surface area contributed by atoms with Crippen molar-refractivity contribution >= 4 is 11.9 Å². The van der Waals surface area contributed by atoms with Crippen molar-refractivity contribution in [3.05, 3.63) is 65.7 Å². The van der Waals surface area contributed by atoms with Gasteiger partial charge in [0, 0.05) is 13.5 Å². The molecular weight excluding hydrogens is 366 g/mol. The van der Waals surface area contributed by atoms with Gasteiger partial charge in [-0.3, -0.25) is 9.79 Å². The number of carboxylic acids is 1. The molecule has 6 nitrogen and oxygen atoms in total. The number of guanidine groups is 1. The highest BCUT2D eigenvalue weighted by Crippen LogP contribution is 2.21. The van der Waals surface area contributed by atoms with E-state index < -0.39 is 5.97 Å². The van der Waals surface area contributed by atoms with Gasteiger partial charge in [0.25, 0.3) is 5.97 Å². The third-order valence-corrected chi connectivity index (χ3v) is 4.32. The summed E-state index contributed by atoms with van der Waals surface area (Å²) in [6.07, 6.45) is 3.15. The Hall–Kier alpha value is -3.02. The standard InChI is InChI=1S/C21H27N3O.C2H4O2/c1-2-3-15-25-19-11-9-17(10-12-19)16-20(18-7-5-4-6-8-18)24-21-22-13-14-23-21;1-2(3)4/h4-12,20H,2-3,13-16H2,1H3,(H2,22,23,24);1H3,(H,3,4). The van der Waals surface area contributed by atoms with Crippen LogP contribution >= 0.6 is 0 Å². The maximum absolute atomic E-state index is 9.00. The maximum Gasteiger partial charge on any atom is 0.300 e. The van der Waals surface area contributed by atoms with Gasteiger partial charge in [0.05, 0.1) is 19.2 Å². The molecule has 156 valence electrons. The van der Waals surface area contributed by atoms with Crippen molar-refractivity contribution in [3.63, 3.8) is 0 Å². The molecule has 0 fully saturated rings. The molecule has 1 unspecified atom stereocenters. The van der Waals surface area contributed by atoms with Crippen molar-refractivity contribution in [2.24, 2.45) is 4.99 Å². The lowest BCUT2D eigenvalue weighted by Gasteiger charge is -2.21. The van der Waals surface area contributed by atoms with Crippen molar-refractivity contribution in [3.8, 4) is 5.75 Å². The number of aliphatic imine (C=N–C) groups is 1. The molecule has 1 aliphatic heterocycles. The minimum Gasteiger partial charge on any atom is -0.494 e. The van der Waals surface area contributed by atoms with Crippen LogP contribution in [0, 0.1) is 0 Å². The summed E-state index contributed by atoms with van der Waals surface area (Å²) >= 11 is 0. The summed E-state index contributed by atoms with van der Waals surface area (Å²) in [5.74, 6) is 1.01. The van der Waals surface area contributed by atoms with Crippen LogP contribution in [0.25, 0.3) is 0 Å². The lowest BCUT2D eigenvalue weighted by molar-refractivity contribution is -0.134. The van der Waals surface area contributed by atoms with E-state index >= 15 is 0 Å². The number of ether oxygens (including phenoxy) is 1. The van der Waals surface area contributed by atoms with Crippen molar-refractivity contribution < 1.29 is 14.6 Å². The van der Waals surface area contributed by atoms with Gasteiger partial charge in [-0.2, -0.15) is 0 Å². The molecule has 29 heavy (non-hydrogen) atoms. The first-order valence-corrected chi connectivity index (χ1v) is 10.1. The highest BCUT2D eigenvalue weighted by Gasteiger charge is 2.15. The molecule has 2 aromatic rings. The van der Waals surface area contributed by atoms with E-state index in [4.69, 9.17) is 14.6 Å². The van der Waals surface area contributed by atoms with Gasteiger partial charge in [0.2, 0.25) is 0 Å². The van der Waals surface area contributed by atoms with Crippen LogP contribution in [0.2, 0.25) is 0 Å². The average Bonchev–Trinajstić information content (AvgIpc) is 3.22. The van der Waals surface area contributed by atoms with Crippen molar-refractivity contribution in [1.82, 2.24) is 10.6 Å². The molecule has 1 aliphatic rings. The predicted octanol–water partition coefficient (Wildman–Crippen LogP) is 3.79. The zero-order valence-electron chi connectivity index (χ0n) is 17.2. The van der Waals surface area contributed by atoms with E-state index in [0.717, 1.165) is 57.6 Å². The topological polar surface area (TPSA) is 83.0 Å². The third kappa shape index (κ3) is 8.68. The van der Waals surface area contributed by atoms with Gasteiger partial charge in [-0.05, 0) is 36.1 Å². The number of benzene rings is 2. The van der Waals surface area contributed by atoms with E-state index in [-0.39, 0.29) is 6.04 Å². The molecule has 6 heteroatoms. The maximum atomic E-state index is 9.00. The zero-order chi connectivity index (χ0) is 20.9. The number of unbranched alkanes of at least 4 members (excludes halogenated alkanes) is 1. The Kier molecular flexibility index (Phi) is 9.55. The average molecular weight is 398 g/mol. The second-order valence-corrected chi connectivity index (χ2v) is 6.83. The minimum absolute atomic E-state index is 0.192. The third-order valence-electron chi connectivity index (χ3n) is 4.32. The second kappa shape index (κ2) is 12.4. The number of nitrogens with one attached hydrogen (secondary N) is 2. The molecule has 0 saturated carbocycles. The SMILES string of the molecule is CC(=O)O.CCCCOc1ccc(CC(NC2=NCCN2)c2ccccc2)cc1. The number of rotatable bonds is 8. The summed E-state index contributed by atoms with van der Waals surface area (Å²) in [5.41, 5.74) is 2.55.